The Morgan fingerprint density at radius 3 is 1.87 bits per heavy atom. The van der Waals surface area contributed by atoms with Gasteiger partial charge in [0.25, 0.3) is 5.78 Å². The molecule has 0 unspecified atom stereocenters. The van der Waals surface area contributed by atoms with Crippen LogP contribution in [0.2, 0.25) is 0 Å². The Hall–Kier alpha value is -1.68. The Bertz CT molecular complexity index is 387. The summed E-state index contributed by atoms with van der Waals surface area (Å²) in [7, 11) is 5.98. The van der Waals surface area contributed by atoms with Crippen molar-refractivity contribution in [2.75, 3.05) is 21.1 Å². The van der Waals surface area contributed by atoms with E-state index in [-0.39, 0.29) is 5.56 Å². The summed E-state index contributed by atoms with van der Waals surface area (Å²) >= 11 is 0. The van der Waals surface area contributed by atoms with Gasteiger partial charge < -0.3 is 5.11 Å². The number of hydrogen-bond acceptors (Lipinski definition) is 2. The van der Waals surface area contributed by atoms with E-state index in [2.05, 4.69) is 0 Å². The quantitative estimate of drug-likeness (QED) is 0.460. The first-order valence-corrected chi connectivity index (χ1v) is 4.52. The van der Waals surface area contributed by atoms with Gasteiger partial charge in [-0.05, 0) is 24.3 Å². The van der Waals surface area contributed by atoms with Crippen LogP contribution in [0, 0.1) is 0 Å². The molecule has 80 valence electrons. The number of rotatable bonds is 3. The second-order valence-electron chi connectivity index (χ2n) is 4.19. The van der Waals surface area contributed by atoms with Crippen molar-refractivity contribution >= 4 is 17.4 Å². The van der Waals surface area contributed by atoms with Gasteiger partial charge in [0.05, 0.1) is 21.1 Å². The number of quaternary nitrogens is 1. The molecule has 4 heteroatoms. The highest BCUT2D eigenvalue weighted by molar-refractivity contribution is 6.39. The average molecular weight is 208 g/mol. The van der Waals surface area contributed by atoms with Crippen LogP contribution in [0.15, 0.2) is 24.3 Å². The van der Waals surface area contributed by atoms with Crippen molar-refractivity contribution in [2.24, 2.45) is 0 Å². The van der Waals surface area contributed by atoms with Crippen molar-refractivity contribution < 1.29 is 14.7 Å². The molecule has 0 aliphatic heterocycles. The number of carbonyl (C=O) groups excluding carboxylic acids is 1. The van der Waals surface area contributed by atoms with Gasteiger partial charge in [-0.25, -0.2) is 4.79 Å². The number of carboxylic acids is 1. The molecule has 0 saturated heterocycles. The van der Waals surface area contributed by atoms with Crippen LogP contribution in [0.3, 0.4) is 0 Å². The standard InChI is InChI=1S/C11H13NO3/c1-12(2,3)9-6-4-8(5-7-9)10(13)11(14)15/h4-7H,1-3H3/p+1. The van der Waals surface area contributed by atoms with Gasteiger partial charge >= 0.3 is 5.97 Å². The number of Topliss-reactive ketones (excluding diaryl/α,β-unsaturated/α-hetero) is 1. The zero-order chi connectivity index (χ0) is 11.6. The molecule has 1 aromatic rings. The summed E-state index contributed by atoms with van der Waals surface area (Å²) in [5.41, 5.74) is 1.22. The van der Waals surface area contributed by atoms with E-state index < -0.39 is 11.8 Å². The van der Waals surface area contributed by atoms with E-state index in [1.807, 2.05) is 21.1 Å². The lowest BCUT2D eigenvalue weighted by atomic mass is 10.1. The van der Waals surface area contributed by atoms with Gasteiger partial charge in [0, 0.05) is 5.56 Å². The third kappa shape index (κ3) is 2.63. The minimum atomic E-state index is -1.42. The molecule has 0 saturated carbocycles. The van der Waals surface area contributed by atoms with E-state index >= 15 is 0 Å². The van der Waals surface area contributed by atoms with Gasteiger partial charge in [-0.3, -0.25) is 9.28 Å². The summed E-state index contributed by atoms with van der Waals surface area (Å²) in [5.74, 6) is -2.30. The first-order valence-electron chi connectivity index (χ1n) is 4.52. The maximum atomic E-state index is 11.1. The fourth-order valence-corrected chi connectivity index (χ4v) is 1.18. The normalized spacial score (nSPS) is 11.1. The molecule has 0 spiro atoms. The Kier molecular flexibility index (Phi) is 2.90. The monoisotopic (exact) mass is 208 g/mol. The van der Waals surface area contributed by atoms with Crippen LogP contribution >= 0.6 is 0 Å². The van der Waals surface area contributed by atoms with E-state index in [1.54, 1.807) is 12.1 Å². The molecule has 0 heterocycles. The van der Waals surface area contributed by atoms with Crippen LogP contribution < -0.4 is 4.48 Å². The zero-order valence-electron chi connectivity index (χ0n) is 9.02. The molecule has 1 N–H and O–H groups in total. The van der Waals surface area contributed by atoms with E-state index in [4.69, 9.17) is 5.11 Å². The molecule has 0 radical (unpaired) electrons. The molecule has 0 amide bonds. The lowest BCUT2D eigenvalue weighted by Gasteiger charge is -2.23. The molecule has 0 aliphatic rings. The van der Waals surface area contributed by atoms with E-state index in [0.29, 0.717) is 4.48 Å². The van der Waals surface area contributed by atoms with Gasteiger partial charge in [-0.2, -0.15) is 0 Å². The first-order chi connectivity index (χ1) is 6.82. The average Bonchev–Trinajstić information content (AvgIpc) is 2.15. The Labute approximate surface area is 88.3 Å². The lowest BCUT2D eigenvalue weighted by Crippen LogP contribution is -2.34. The topological polar surface area (TPSA) is 54.4 Å². The van der Waals surface area contributed by atoms with Crippen molar-refractivity contribution in [3.63, 3.8) is 0 Å². The van der Waals surface area contributed by atoms with Crippen molar-refractivity contribution in [3.8, 4) is 0 Å². The summed E-state index contributed by atoms with van der Waals surface area (Å²) in [4.78, 5) is 21.5. The second-order valence-corrected chi connectivity index (χ2v) is 4.19. The minimum Gasteiger partial charge on any atom is -0.475 e. The third-order valence-corrected chi connectivity index (χ3v) is 2.10. The van der Waals surface area contributed by atoms with Crippen molar-refractivity contribution in [1.82, 2.24) is 4.48 Å². The number of hydrogen-bond donors (Lipinski definition) is 1. The van der Waals surface area contributed by atoms with Gasteiger partial charge in [0.15, 0.2) is 0 Å². The summed E-state index contributed by atoms with van der Waals surface area (Å²) in [6.45, 7) is 0. The predicted octanol–water partition coefficient (Wildman–Crippen LogP) is 1.15. The van der Waals surface area contributed by atoms with Gasteiger partial charge in [-0.1, -0.05) is 0 Å². The third-order valence-electron chi connectivity index (χ3n) is 2.10. The van der Waals surface area contributed by atoms with Gasteiger partial charge in [0.2, 0.25) is 0 Å². The number of carbonyl (C=O) groups is 2. The Morgan fingerprint density at radius 1 is 1.07 bits per heavy atom. The number of benzene rings is 1. The molecule has 0 aromatic heterocycles. The smallest absolute Gasteiger partial charge is 0.377 e. The van der Waals surface area contributed by atoms with Gasteiger partial charge in [0.1, 0.15) is 5.69 Å². The molecule has 4 nitrogen and oxygen atoms in total. The second kappa shape index (κ2) is 3.82. The molecule has 0 aliphatic carbocycles. The van der Waals surface area contributed by atoms with Crippen molar-refractivity contribution in [1.29, 1.82) is 0 Å². The van der Waals surface area contributed by atoms with E-state index in [0.717, 1.165) is 5.69 Å². The van der Waals surface area contributed by atoms with Crippen LogP contribution in [0.25, 0.3) is 0 Å². The molecule has 1 aromatic carbocycles. The predicted molar refractivity (Wildman–Crippen MR) is 58.0 cm³/mol. The molecule has 1 rings (SSSR count). The highest BCUT2D eigenvalue weighted by atomic mass is 16.4. The lowest BCUT2D eigenvalue weighted by molar-refractivity contribution is -0.131. The summed E-state index contributed by atoms with van der Waals surface area (Å²) in [6, 6.07) is 6.59. The number of carboxylic acid groups (broad SMARTS) is 1. The number of nitrogens with zero attached hydrogens (tertiary/aromatic N) is 1. The van der Waals surface area contributed by atoms with Crippen LogP contribution in [0.5, 0.6) is 0 Å². The Morgan fingerprint density at radius 2 is 1.53 bits per heavy atom. The zero-order valence-corrected chi connectivity index (χ0v) is 9.02. The summed E-state index contributed by atoms with van der Waals surface area (Å²) < 4.78 is 0.627. The Balaban J connectivity index is 3.01. The molecular weight excluding hydrogens is 194 g/mol. The first kappa shape index (κ1) is 11.4. The number of ketones is 1. The maximum Gasteiger partial charge on any atom is 0.377 e. The maximum absolute atomic E-state index is 11.1. The fourth-order valence-electron chi connectivity index (χ4n) is 1.18. The van der Waals surface area contributed by atoms with Crippen LogP contribution in [-0.4, -0.2) is 38.0 Å². The van der Waals surface area contributed by atoms with Crippen LogP contribution in [0.1, 0.15) is 10.4 Å². The fraction of sp³-hybridized carbons (Fsp3) is 0.273. The molecule has 0 fully saturated rings. The molecular formula is C11H14NO3+. The van der Waals surface area contributed by atoms with Gasteiger partial charge in [-0.15, -0.1) is 0 Å². The summed E-state index contributed by atoms with van der Waals surface area (Å²) in [6.07, 6.45) is 0. The SMILES string of the molecule is C[N+](C)(C)c1ccc(C(=O)C(=O)O)cc1. The minimum absolute atomic E-state index is 0.208. The highest BCUT2D eigenvalue weighted by Crippen LogP contribution is 2.17. The highest BCUT2D eigenvalue weighted by Gasteiger charge is 2.16. The van der Waals surface area contributed by atoms with E-state index in [9.17, 15) is 9.59 Å². The van der Waals surface area contributed by atoms with Crippen molar-refractivity contribution in [2.45, 2.75) is 0 Å². The molecule has 0 bridgehead atoms. The largest absolute Gasteiger partial charge is 0.475 e. The van der Waals surface area contributed by atoms with Crippen molar-refractivity contribution in [3.05, 3.63) is 29.8 Å². The summed E-state index contributed by atoms with van der Waals surface area (Å²) in [5, 5.41) is 8.51. The molecule has 15 heavy (non-hydrogen) atoms. The molecule has 0 atom stereocenters. The van der Waals surface area contributed by atoms with Crippen LogP contribution in [0.4, 0.5) is 5.69 Å². The number of aliphatic carboxylic acids is 1. The van der Waals surface area contributed by atoms with Crippen LogP contribution in [-0.2, 0) is 4.79 Å². The van der Waals surface area contributed by atoms with E-state index in [1.165, 1.54) is 12.1 Å².